The topological polar surface area (TPSA) is 89.2 Å². The maximum atomic E-state index is 11.8. The molecule has 0 aliphatic carbocycles. The number of nitrogens with one attached hydrogen (secondary N) is 1. The Labute approximate surface area is 160 Å². The van der Waals surface area contributed by atoms with Crippen LogP contribution in [0.3, 0.4) is 0 Å². The van der Waals surface area contributed by atoms with Gasteiger partial charge in [-0.2, -0.15) is 0 Å². The summed E-state index contributed by atoms with van der Waals surface area (Å²) >= 11 is 0. The number of carbonyl (C=O) groups is 1. The minimum atomic E-state index is -0.512. The van der Waals surface area contributed by atoms with Crippen LogP contribution in [0, 0.1) is 0 Å². The second-order valence-electron chi connectivity index (χ2n) is 6.03. The third-order valence-corrected chi connectivity index (χ3v) is 2.76. The number of aliphatic imine (C=N–C) groups is 1. The summed E-state index contributed by atoms with van der Waals surface area (Å²) in [5.41, 5.74) is 6.10. The Morgan fingerprint density at radius 3 is 2.62 bits per heavy atom. The summed E-state index contributed by atoms with van der Waals surface area (Å²) in [5, 5.41) is 2.97. The third-order valence-electron chi connectivity index (χ3n) is 2.76. The van der Waals surface area contributed by atoms with Gasteiger partial charge in [-0.05, 0) is 32.9 Å². The highest BCUT2D eigenvalue weighted by Gasteiger charge is 2.19. The first-order valence-electron chi connectivity index (χ1n) is 7.36. The number of nitrogens with two attached hydrogens (primary N) is 1. The third kappa shape index (κ3) is 8.80. The van der Waals surface area contributed by atoms with Gasteiger partial charge in [-0.3, -0.25) is 4.99 Å². The summed E-state index contributed by atoms with van der Waals surface area (Å²) < 4.78 is 10.4. The number of nitrogens with zero attached hydrogens (tertiary/aromatic N) is 2. The molecule has 0 saturated heterocycles. The number of anilines is 1. The van der Waals surface area contributed by atoms with E-state index in [1.165, 1.54) is 4.90 Å². The number of hydrogen-bond acceptors (Lipinski definition) is 4. The second-order valence-corrected chi connectivity index (χ2v) is 6.03. The van der Waals surface area contributed by atoms with Gasteiger partial charge in [0.15, 0.2) is 5.96 Å². The number of likely N-dealkylation sites (N-methyl/N-ethyl adjacent to an activating group) is 1. The molecule has 0 spiro atoms. The Morgan fingerprint density at radius 2 is 2.04 bits per heavy atom. The van der Waals surface area contributed by atoms with Crippen LogP contribution in [0.25, 0.3) is 0 Å². The molecular formula is C16H27IN4O3. The number of carbonyl (C=O) groups excluding carboxylic acids is 1. The van der Waals surface area contributed by atoms with Gasteiger partial charge in [0.1, 0.15) is 11.4 Å². The molecule has 0 aromatic heterocycles. The van der Waals surface area contributed by atoms with Crippen molar-refractivity contribution >= 4 is 41.7 Å². The molecule has 1 aromatic rings. The van der Waals surface area contributed by atoms with Crippen molar-refractivity contribution in [3.8, 4) is 5.75 Å². The molecule has 1 amide bonds. The summed E-state index contributed by atoms with van der Waals surface area (Å²) in [7, 11) is 3.26. The number of halogens is 1. The minimum Gasteiger partial charge on any atom is -0.497 e. The summed E-state index contributed by atoms with van der Waals surface area (Å²) in [6.07, 6.45) is -0.382. The van der Waals surface area contributed by atoms with E-state index in [1.54, 1.807) is 14.2 Å². The minimum absolute atomic E-state index is 0. The van der Waals surface area contributed by atoms with Crippen LogP contribution in [-0.4, -0.2) is 49.8 Å². The molecule has 24 heavy (non-hydrogen) atoms. The molecule has 0 aliphatic rings. The van der Waals surface area contributed by atoms with Gasteiger partial charge in [-0.1, -0.05) is 6.07 Å². The molecule has 3 N–H and O–H groups in total. The molecular weight excluding hydrogens is 423 g/mol. The van der Waals surface area contributed by atoms with Crippen LogP contribution in [0.2, 0.25) is 0 Å². The van der Waals surface area contributed by atoms with Gasteiger partial charge in [0, 0.05) is 25.3 Å². The summed E-state index contributed by atoms with van der Waals surface area (Å²) in [6, 6.07) is 7.37. The molecule has 0 bridgehead atoms. The lowest BCUT2D eigenvalue weighted by atomic mass is 10.2. The zero-order chi connectivity index (χ0) is 17.5. The van der Waals surface area contributed by atoms with Crippen molar-refractivity contribution in [2.75, 3.05) is 32.6 Å². The summed E-state index contributed by atoms with van der Waals surface area (Å²) in [6.45, 7) is 6.26. The van der Waals surface area contributed by atoms with Gasteiger partial charge in [0.05, 0.1) is 13.7 Å². The molecule has 0 unspecified atom stereocenters. The number of ether oxygens (including phenoxy) is 2. The fourth-order valence-electron chi connectivity index (χ4n) is 1.64. The van der Waals surface area contributed by atoms with Crippen molar-refractivity contribution in [2.45, 2.75) is 26.4 Å². The number of amides is 1. The predicted molar refractivity (Wildman–Crippen MR) is 107 cm³/mol. The highest BCUT2D eigenvalue weighted by Crippen LogP contribution is 2.16. The lowest BCUT2D eigenvalue weighted by Gasteiger charge is -2.24. The van der Waals surface area contributed by atoms with Crippen LogP contribution in [-0.2, 0) is 4.74 Å². The second kappa shape index (κ2) is 10.2. The number of hydrogen-bond donors (Lipinski definition) is 2. The molecule has 8 heteroatoms. The van der Waals surface area contributed by atoms with E-state index in [4.69, 9.17) is 15.2 Å². The average Bonchev–Trinajstić information content (AvgIpc) is 2.45. The van der Waals surface area contributed by atoms with Gasteiger partial charge < -0.3 is 25.4 Å². The quantitative estimate of drug-likeness (QED) is 0.409. The molecule has 0 saturated carbocycles. The molecule has 1 rings (SSSR count). The van der Waals surface area contributed by atoms with Crippen LogP contribution in [0.1, 0.15) is 20.8 Å². The predicted octanol–water partition coefficient (Wildman–Crippen LogP) is 2.91. The van der Waals surface area contributed by atoms with Crippen LogP contribution in [0.15, 0.2) is 29.3 Å². The maximum Gasteiger partial charge on any atom is 0.410 e. The zero-order valence-corrected chi connectivity index (χ0v) is 17.2. The Balaban J connectivity index is 0.00000529. The smallest absolute Gasteiger partial charge is 0.410 e. The molecule has 136 valence electrons. The average molecular weight is 450 g/mol. The number of methoxy groups -OCH3 is 1. The Morgan fingerprint density at radius 1 is 1.38 bits per heavy atom. The fourth-order valence-corrected chi connectivity index (χ4v) is 1.64. The Hall–Kier alpha value is -1.71. The summed E-state index contributed by atoms with van der Waals surface area (Å²) in [4.78, 5) is 17.4. The van der Waals surface area contributed by atoms with Gasteiger partial charge >= 0.3 is 6.09 Å². The van der Waals surface area contributed by atoms with E-state index >= 15 is 0 Å². The molecule has 1 aromatic carbocycles. The van der Waals surface area contributed by atoms with Crippen molar-refractivity contribution in [1.82, 2.24) is 4.90 Å². The van der Waals surface area contributed by atoms with Gasteiger partial charge in [-0.25, -0.2) is 4.79 Å². The molecule has 0 fully saturated rings. The van der Waals surface area contributed by atoms with Crippen molar-refractivity contribution in [3.63, 3.8) is 0 Å². The number of rotatable bonds is 5. The van der Waals surface area contributed by atoms with E-state index in [0.29, 0.717) is 13.1 Å². The van der Waals surface area contributed by atoms with Crippen LogP contribution in [0.4, 0.5) is 10.5 Å². The largest absolute Gasteiger partial charge is 0.497 e. The monoisotopic (exact) mass is 450 g/mol. The summed E-state index contributed by atoms with van der Waals surface area (Å²) in [5.74, 6) is 1.00. The van der Waals surface area contributed by atoms with E-state index in [9.17, 15) is 4.79 Å². The first-order chi connectivity index (χ1) is 10.7. The van der Waals surface area contributed by atoms with Crippen molar-refractivity contribution in [3.05, 3.63) is 24.3 Å². The van der Waals surface area contributed by atoms with E-state index in [0.717, 1.165) is 11.4 Å². The maximum absolute atomic E-state index is 11.8. The SMILES string of the molecule is COc1cccc(NC(N)=NCCN(C)C(=O)OC(C)(C)C)c1.I. The lowest BCUT2D eigenvalue weighted by molar-refractivity contribution is 0.0304. The van der Waals surface area contributed by atoms with Crippen molar-refractivity contribution in [1.29, 1.82) is 0 Å². The van der Waals surface area contributed by atoms with E-state index < -0.39 is 5.60 Å². The van der Waals surface area contributed by atoms with Crippen LogP contribution < -0.4 is 15.8 Å². The van der Waals surface area contributed by atoms with E-state index in [2.05, 4.69) is 10.3 Å². The van der Waals surface area contributed by atoms with Crippen LogP contribution in [0.5, 0.6) is 5.75 Å². The first kappa shape index (κ1) is 22.3. The first-order valence-corrected chi connectivity index (χ1v) is 7.36. The molecule has 0 atom stereocenters. The van der Waals surface area contributed by atoms with Crippen LogP contribution >= 0.6 is 24.0 Å². The molecule has 0 heterocycles. The zero-order valence-electron chi connectivity index (χ0n) is 14.8. The van der Waals surface area contributed by atoms with E-state index in [-0.39, 0.29) is 36.0 Å². The Kier molecular flexibility index (Phi) is 9.49. The normalized spacial score (nSPS) is 11.3. The van der Waals surface area contributed by atoms with Gasteiger partial charge in [0.2, 0.25) is 0 Å². The van der Waals surface area contributed by atoms with Crippen molar-refractivity contribution in [2.24, 2.45) is 10.7 Å². The fraction of sp³-hybridized carbons (Fsp3) is 0.500. The number of guanidine groups is 1. The van der Waals surface area contributed by atoms with Crippen molar-refractivity contribution < 1.29 is 14.3 Å². The highest BCUT2D eigenvalue weighted by atomic mass is 127. The van der Waals surface area contributed by atoms with E-state index in [1.807, 2.05) is 45.0 Å². The van der Waals surface area contributed by atoms with Gasteiger partial charge in [-0.15, -0.1) is 24.0 Å². The number of benzene rings is 1. The lowest BCUT2D eigenvalue weighted by Crippen LogP contribution is -2.36. The molecule has 0 radical (unpaired) electrons. The van der Waals surface area contributed by atoms with Gasteiger partial charge in [0.25, 0.3) is 0 Å². The molecule has 0 aliphatic heterocycles. The molecule has 7 nitrogen and oxygen atoms in total. The Bertz CT molecular complexity index is 558. The highest BCUT2D eigenvalue weighted by molar-refractivity contribution is 14.0. The standard InChI is InChI=1S/C16H26N4O3.HI/c1-16(2,3)23-15(21)20(4)10-9-18-14(17)19-12-7-6-8-13(11-12)22-5;/h6-8,11H,9-10H2,1-5H3,(H3,17,18,19);1H.